The van der Waals surface area contributed by atoms with E-state index in [1.165, 1.54) is 18.2 Å². The number of benzene rings is 2. The Balaban J connectivity index is 1.73. The Morgan fingerprint density at radius 1 is 0.875 bits per heavy atom. The highest BCUT2D eigenvalue weighted by molar-refractivity contribution is 7.91. The van der Waals surface area contributed by atoms with E-state index in [9.17, 15) is 39.6 Å². The lowest BCUT2D eigenvalue weighted by molar-refractivity contribution is -0.143. The fourth-order valence-corrected chi connectivity index (χ4v) is 4.06. The van der Waals surface area contributed by atoms with E-state index in [-0.39, 0.29) is 23.3 Å². The van der Waals surface area contributed by atoms with Crippen LogP contribution in [0.15, 0.2) is 41.3 Å². The molecule has 0 aromatic heterocycles. The van der Waals surface area contributed by atoms with Crippen molar-refractivity contribution in [2.45, 2.75) is 23.7 Å². The van der Waals surface area contributed by atoms with Crippen molar-refractivity contribution in [1.82, 2.24) is 0 Å². The van der Waals surface area contributed by atoms with Crippen LogP contribution in [0.1, 0.15) is 17.5 Å². The molecule has 0 bridgehead atoms. The molecule has 0 saturated carbocycles. The second-order valence-electron chi connectivity index (χ2n) is 6.72. The Hall–Kier alpha value is -2.96. The van der Waals surface area contributed by atoms with Gasteiger partial charge in [0.25, 0.3) is 0 Å². The highest BCUT2D eigenvalue weighted by atomic mass is 32.2. The minimum absolute atomic E-state index is 0.0814. The summed E-state index contributed by atoms with van der Waals surface area (Å²) in [5.41, 5.74) is -3.97. The number of sulfone groups is 1. The van der Waals surface area contributed by atoms with E-state index in [4.69, 9.17) is 9.47 Å². The van der Waals surface area contributed by atoms with Gasteiger partial charge in [0.15, 0.2) is 21.3 Å². The molecule has 1 aliphatic rings. The van der Waals surface area contributed by atoms with Crippen LogP contribution in [-0.2, 0) is 27.0 Å². The van der Waals surface area contributed by atoms with Gasteiger partial charge in [-0.25, -0.2) is 8.42 Å². The predicted molar refractivity (Wildman–Crippen MR) is 99.2 cm³/mol. The molecule has 0 saturated heterocycles. The number of alkyl halides is 6. The summed E-state index contributed by atoms with van der Waals surface area (Å²) in [6, 6.07) is 4.42. The van der Waals surface area contributed by atoms with Crippen molar-refractivity contribution in [1.29, 1.82) is 0 Å². The second-order valence-corrected chi connectivity index (χ2v) is 8.83. The molecule has 1 amide bonds. The van der Waals surface area contributed by atoms with Gasteiger partial charge in [0, 0.05) is 18.2 Å². The largest absolute Gasteiger partial charge is 0.486 e. The number of ether oxygens (including phenoxy) is 2. The van der Waals surface area contributed by atoms with E-state index in [0.717, 1.165) is 0 Å². The molecule has 3 rings (SSSR count). The minimum atomic E-state index is -5.08. The van der Waals surface area contributed by atoms with E-state index in [1.807, 2.05) is 5.32 Å². The number of rotatable bonds is 5. The zero-order valence-corrected chi connectivity index (χ0v) is 16.8. The van der Waals surface area contributed by atoms with Gasteiger partial charge in [-0.1, -0.05) is 0 Å². The maximum atomic E-state index is 12.9. The summed E-state index contributed by atoms with van der Waals surface area (Å²) in [4.78, 5) is 11.9. The average Bonchev–Trinajstić information content (AvgIpc) is 2.70. The van der Waals surface area contributed by atoms with Crippen LogP contribution in [0.25, 0.3) is 0 Å². The highest BCUT2D eigenvalue weighted by Crippen LogP contribution is 2.37. The van der Waals surface area contributed by atoms with Crippen LogP contribution >= 0.6 is 0 Å². The van der Waals surface area contributed by atoms with Crippen molar-refractivity contribution < 1.29 is 49.0 Å². The number of hydrogen-bond acceptors (Lipinski definition) is 5. The summed E-state index contributed by atoms with van der Waals surface area (Å²) in [5.74, 6) is -1.26. The molecule has 0 atom stereocenters. The number of anilines is 1. The first-order valence-electron chi connectivity index (χ1n) is 8.97. The number of nitrogens with one attached hydrogen (secondary N) is 1. The first-order chi connectivity index (χ1) is 14.8. The zero-order chi connectivity index (χ0) is 23.7. The van der Waals surface area contributed by atoms with Crippen molar-refractivity contribution in [3.63, 3.8) is 0 Å². The second kappa shape index (κ2) is 8.52. The van der Waals surface area contributed by atoms with Gasteiger partial charge < -0.3 is 14.8 Å². The quantitative estimate of drug-likeness (QED) is 0.642. The molecule has 0 unspecified atom stereocenters. The van der Waals surface area contributed by atoms with Crippen LogP contribution in [0.5, 0.6) is 11.5 Å². The number of fused-ring (bicyclic) bond motifs is 1. The molecule has 174 valence electrons. The molecule has 0 spiro atoms. The van der Waals surface area contributed by atoms with E-state index >= 15 is 0 Å². The summed E-state index contributed by atoms with van der Waals surface area (Å²) >= 11 is 0. The molecule has 13 heteroatoms. The summed E-state index contributed by atoms with van der Waals surface area (Å²) in [6.07, 6.45) is -10.9. The van der Waals surface area contributed by atoms with Crippen LogP contribution in [-0.4, -0.2) is 33.3 Å². The van der Waals surface area contributed by atoms with E-state index in [2.05, 4.69) is 0 Å². The summed E-state index contributed by atoms with van der Waals surface area (Å²) in [7, 11) is -4.00. The lowest BCUT2D eigenvalue weighted by Gasteiger charge is -2.18. The third-order valence-electron chi connectivity index (χ3n) is 4.34. The SMILES string of the molecule is O=C(CCS(=O)(=O)c1ccc2c(c1)OCCO2)Nc1cc(C(F)(F)F)cc(C(F)(F)F)c1. The van der Waals surface area contributed by atoms with Gasteiger partial charge in [-0.2, -0.15) is 26.3 Å². The van der Waals surface area contributed by atoms with E-state index in [0.29, 0.717) is 24.5 Å². The van der Waals surface area contributed by atoms with E-state index < -0.39 is 57.1 Å². The standard InChI is InChI=1S/C19H15F6NO5S/c20-18(21,22)11-7-12(19(23,24)25)9-13(8-11)26-17(27)3-6-32(28,29)14-1-2-15-16(10-14)31-5-4-30-15/h1-2,7-10H,3-6H2,(H,26,27). The number of amides is 1. The average molecular weight is 483 g/mol. The first-order valence-corrected chi connectivity index (χ1v) is 10.6. The van der Waals surface area contributed by atoms with Gasteiger partial charge in [-0.3, -0.25) is 4.79 Å². The van der Waals surface area contributed by atoms with Crippen molar-refractivity contribution in [2.24, 2.45) is 0 Å². The Morgan fingerprint density at radius 2 is 1.44 bits per heavy atom. The predicted octanol–water partition coefficient (Wildman–Crippen LogP) is 4.30. The van der Waals surface area contributed by atoms with Crippen LogP contribution in [0, 0.1) is 0 Å². The molecule has 6 nitrogen and oxygen atoms in total. The zero-order valence-electron chi connectivity index (χ0n) is 16.0. The smallest absolute Gasteiger partial charge is 0.416 e. The number of carbonyl (C=O) groups is 1. The molecule has 1 N–H and O–H groups in total. The molecule has 1 heterocycles. The third-order valence-corrected chi connectivity index (χ3v) is 6.06. The molecule has 1 aliphatic heterocycles. The fraction of sp³-hybridized carbons (Fsp3) is 0.316. The summed E-state index contributed by atoms with van der Waals surface area (Å²) in [5, 5.41) is 1.89. The van der Waals surface area contributed by atoms with Crippen molar-refractivity contribution in [3.8, 4) is 11.5 Å². The molecule has 2 aromatic rings. The van der Waals surface area contributed by atoms with Crippen molar-refractivity contribution in [3.05, 3.63) is 47.5 Å². The Labute approximate surface area is 178 Å². The first kappa shape index (κ1) is 23.7. The van der Waals surface area contributed by atoms with Crippen LogP contribution < -0.4 is 14.8 Å². The maximum Gasteiger partial charge on any atom is 0.416 e. The number of hydrogen-bond donors (Lipinski definition) is 1. The molecule has 2 aromatic carbocycles. The van der Waals surface area contributed by atoms with Crippen LogP contribution in [0.3, 0.4) is 0 Å². The molecule has 0 fully saturated rings. The van der Waals surface area contributed by atoms with Gasteiger partial charge in [-0.15, -0.1) is 0 Å². The van der Waals surface area contributed by atoms with Crippen LogP contribution in [0.4, 0.5) is 32.0 Å². The number of carbonyl (C=O) groups excluding carboxylic acids is 1. The normalized spacial score (nSPS) is 14.2. The summed E-state index contributed by atoms with van der Waals surface area (Å²) < 4.78 is 113. The Bertz CT molecular complexity index is 1100. The Kier molecular flexibility index (Phi) is 6.31. The molecule has 0 radical (unpaired) electrons. The molecular formula is C19H15F6NO5S. The van der Waals surface area contributed by atoms with Gasteiger partial charge >= 0.3 is 12.4 Å². The summed E-state index contributed by atoms with van der Waals surface area (Å²) in [6.45, 7) is 0.515. The molecular weight excluding hydrogens is 468 g/mol. The third kappa shape index (κ3) is 5.64. The number of halogens is 6. The van der Waals surface area contributed by atoms with E-state index in [1.54, 1.807) is 0 Å². The van der Waals surface area contributed by atoms with Gasteiger partial charge in [0.1, 0.15) is 13.2 Å². The van der Waals surface area contributed by atoms with Gasteiger partial charge in [0.2, 0.25) is 5.91 Å². The van der Waals surface area contributed by atoms with Gasteiger partial charge in [-0.05, 0) is 30.3 Å². The minimum Gasteiger partial charge on any atom is -0.486 e. The van der Waals surface area contributed by atoms with Crippen molar-refractivity contribution in [2.75, 3.05) is 24.3 Å². The maximum absolute atomic E-state index is 12.9. The lowest BCUT2D eigenvalue weighted by Crippen LogP contribution is -2.19. The lowest BCUT2D eigenvalue weighted by atomic mass is 10.1. The van der Waals surface area contributed by atoms with Crippen molar-refractivity contribution >= 4 is 21.4 Å². The topological polar surface area (TPSA) is 81.7 Å². The molecule has 32 heavy (non-hydrogen) atoms. The fourth-order valence-electron chi connectivity index (χ4n) is 2.81. The van der Waals surface area contributed by atoms with Crippen LogP contribution in [0.2, 0.25) is 0 Å². The van der Waals surface area contributed by atoms with Gasteiger partial charge in [0.05, 0.1) is 21.8 Å². The monoisotopic (exact) mass is 483 g/mol. The highest BCUT2D eigenvalue weighted by Gasteiger charge is 2.37. The molecule has 0 aliphatic carbocycles. The Morgan fingerprint density at radius 3 is 2.00 bits per heavy atom.